The summed E-state index contributed by atoms with van der Waals surface area (Å²) in [5.41, 5.74) is 0.739. The van der Waals surface area contributed by atoms with E-state index in [-0.39, 0.29) is 12.0 Å². The highest BCUT2D eigenvalue weighted by molar-refractivity contribution is 6.30. The van der Waals surface area contributed by atoms with Gasteiger partial charge in [0.25, 0.3) is 0 Å². The van der Waals surface area contributed by atoms with Gasteiger partial charge in [-0.2, -0.15) is 0 Å². The molecule has 1 aromatic rings. The molecule has 1 atom stereocenters. The topological polar surface area (TPSA) is 38.3 Å². The Kier molecular flexibility index (Phi) is 8.46. The zero-order valence-corrected chi connectivity index (χ0v) is 15.6. The van der Waals surface area contributed by atoms with Gasteiger partial charge in [0.05, 0.1) is 0 Å². The second-order valence-corrected chi connectivity index (χ2v) is 7.42. The van der Waals surface area contributed by atoms with Gasteiger partial charge < -0.3 is 10.1 Å². The van der Waals surface area contributed by atoms with Gasteiger partial charge in [-0.25, -0.2) is 4.79 Å². The summed E-state index contributed by atoms with van der Waals surface area (Å²) in [6.45, 7) is 8.40. The van der Waals surface area contributed by atoms with E-state index in [1.807, 2.05) is 45.0 Å². The van der Waals surface area contributed by atoms with Crippen LogP contribution in [0.5, 0.6) is 0 Å². The lowest BCUT2D eigenvalue weighted by Crippen LogP contribution is -2.34. The van der Waals surface area contributed by atoms with Crippen LogP contribution in [0.15, 0.2) is 24.3 Å². The third-order valence-corrected chi connectivity index (χ3v) is 3.89. The third kappa shape index (κ3) is 8.85. The van der Waals surface area contributed by atoms with Gasteiger partial charge in [0.15, 0.2) is 0 Å². The fourth-order valence-corrected chi connectivity index (χ4v) is 2.59. The molecular weight excluding hydrogens is 310 g/mol. The van der Waals surface area contributed by atoms with Crippen molar-refractivity contribution in [2.75, 3.05) is 6.54 Å². The lowest BCUT2D eigenvalue weighted by atomic mass is 9.93. The average Bonchev–Trinajstić information content (AvgIpc) is 2.46. The number of hydrogen-bond donors (Lipinski definition) is 1. The molecule has 0 radical (unpaired) electrons. The normalized spacial score (nSPS) is 12.7. The summed E-state index contributed by atoms with van der Waals surface area (Å²) in [5, 5.41) is 3.63. The number of hydrogen-bond acceptors (Lipinski definition) is 2. The summed E-state index contributed by atoms with van der Waals surface area (Å²) in [6, 6.07) is 7.90. The van der Waals surface area contributed by atoms with Crippen LogP contribution in [-0.2, 0) is 4.74 Å². The Bertz CT molecular complexity index is 465. The molecule has 3 nitrogen and oxygen atoms in total. The highest BCUT2D eigenvalue weighted by Crippen LogP contribution is 2.24. The van der Waals surface area contributed by atoms with E-state index in [1.54, 1.807) is 0 Å². The van der Waals surface area contributed by atoms with Gasteiger partial charge in [-0.15, -0.1) is 0 Å². The predicted molar refractivity (Wildman–Crippen MR) is 97.2 cm³/mol. The lowest BCUT2D eigenvalue weighted by Gasteiger charge is -2.22. The molecule has 0 fully saturated rings. The Morgan fingerprint density at radius 1 is 1.17 bits per heavy atom. The molecule has 4 heteroatoms. The van der Waals surface area contributed by atoms with Crippen LogP contribution in [0.1, 0.15) is 71.3 Å². The minimum Gasteiger partial charge on any atom is -0.444 e. The van der Waals surface area contributed by atoms with Crippen molar-refractivity contribution >= 4 is 17.7 Å². The summed E-state index contributed by atoms with van der Waals surface area (Å²) in [4.78, 5) is 11.9. The molecule has 1 rings (SSSR count). The molecule has 0 bridgehead atoms. The van der Waals surface area contributed by atoms with Crippen LogP contribution < -0.4 is 5.32 Å². The largest absolute Gasteiger partial charge is 0.444 e. The molecule has 23 heavy (non-hydrogen) atoms. The first-order valence-corrected chi connectivity index (χ1v) is 8.92. The van der Waals surface area contributed by atoms with Crippen molar-refractivity contribution in [3.63, 3.8) is 0 Å². The Balaban J connectivity index is 2.60. The maximum atomic E-state index is 11.9. The van der Waals surface area contributed by atoms with Crippen LogP contribution in [0.3, 0.4) is 0 Å². The molecule has 0 aliphatic carbocycles. The van der Waals surface area contributed by atoms with E-state index in [1.165, 1.54) is 24.8 Å². The molecule has 1 N–H and O–H groups in total. The maximum Gasteiger partial charge on any atom is 0.407 e. The molecule has 0 heterocycles. The summed E-state index contributed by atoms with van der Waals surface area (Å²) >= 11 is 5.97. The Morgan fingerprint density at radius 3 is 2.39 bits per heavy atom. The van der Waals surface area contributed by atoms with Gasteiger partial charge in [0, 0.05) is 17.5 Å². The minimum absolute atomic E-state index is 0.289. The van der Waals surface area contributed by atoms with Crippen molar-refractivity contribution in [2.45, 2.75) is 71.3 Å². The highest BCUT2D eigenvalue weighted by atomic mass is 35.5. The van der Waals surface area contributed by atoms with Gasteiger partial charge in [0.1, 0.15) is 5.60 Å². The second kappa shape index (κ2) is 9.82. The van der Waals surface area contributed by atoms with Gasteiger partial charge in [-0.1, -0.05) is 56.3 Å². The van der Waals surface area contributed by atoms with Gasteiger partial charge >= 0.3 is 6.09 Å². The predicted octanol–water partition coefficient (Wildman–Crippen LogP) is 5.92. The van der Waals surface area contributed by atoms with Crippen molar-refractivity contribution in [3.05, 3.63) is 34.9 Å². The van der Waals surface area contributed by atoms with Crippen molar-refractivity contribution < 1.29 is 9.53 Å². The van der Waals surface area contributed by atoms with Crippen LogP contribution in [0.4, 0.5) is 4.79 Å². The number of amides is 1. The standard InChI is InChI=1S/C19H30ClNO2/c1-5-6-7-8-9-16(15-10-12-17(20)13-11-15)14-21-18(22)23-19(2,3)4/h10-13,16H,5-9,14H2,1-4H3,(H,21,22). The van der Waals surface area contributed by atoms with Crippen LogP contribution in [0.25, 0.3) is 0 Å². The molecule has 1 aromatic carbocycles. The molecule has 0 saturated heterocycles. The maximum absolute atomic E-state index is 11.9. The molecule has 0 spiro atoms. The minimum atomic E-state index is -0.471. The quantitative estimate of drug-likeness (QED) is 0.597. The van der Waals surface area contributed by atoms with Crippen LogP contribution in [-0.4, -0.2) is 18.2 Å². The average molecular weight is 340 g/mol. The number of halogens is 1. The fraction of sp³-hybridized carbons (Fsp3) is 0.632. The first kappa shape index (κ1) is 19.8. The van der Waals surface area contributed by atoms with Crippen molar-refractivity contribution in [2.24, 2.45) is 0 Å². The van der Waals surface area contributed by atoms with Crippen LogP contribution >= 0.6 is 11.6 Å². The number of unbranched alkanes of at least 4 members (excludes halogenated alkanes) is 3. The Morgan fingerprint density at radius 2 is 1.83 bits per heavy atom. The monoisotopic (exact) mass is 339 g/mol. The second-order valence-electron chi connectivity index (χ2n) is 6.98. The van der Waals surface area contributed by atoms with E-state index in [0.717, 1.165) is 17.9 Å². The number of nitrogens with one attached hydrogen (secondary N) is 1. The molecule has 0 saturated carbocycles. The smallest absolute Gasteiger partial charge is 0.407 e. The number of ether oxygens (including phenoxy) is 1. The third-order valence-electron chi connectivity index (χ3n) is 3.64. The van der Waals surface area contributed by atoms with E-state index >= 15 is 0 Å². The zero-order valence-electron chi connectivity index (χ0n) is 14.8. The Hall–Kier alpha value is -1.22. The van der Waals surface area contributed by atoms with E-state index < -0.39 is 5.60 Å². The first-order valence-electron chi connectivity index (χ1n) is 8.54. The van der Waals surface area contributed by atoms with Crippen LogP contribution in [0, 0.1) is 0 Å². The first-order chi connectivity index (χ1) is 10.8. The molecule has 0 aliphatic rings. The van der Waals surface area contributed by atoms with E-state index in [9.17, 15) is 4.79 Å². The number of alkyl carbamates (subject to hydrolysis) is 1. The summed E-state index contributed by atoms with van der Waals surface area (Å²) in [7, 11) is 0. The van der Waals surface area contributed by atoms with Gasteiger partial charge in [0.2, 0.25) is 0 Å². The van der Waals surface area contributed by atoms with E-state index in [0.29, 0.717) is 6.54 Å². The molecule has 0 aliphatic heterocycles. The van der Waals surface area contributed by atoms with Crippen molar-refractivity contribution in [3.8, 4) is 0 Å². The Labute approximate surface area is 145 Å². The number of carbonyl (C=O) groups excluding carboxylic acids is 1. The zero-order chi connectivity index (χ0) is 17.3. The van der Waals surface area contributed by atoms with E-state index in [4.69, 9.17) is 16.3 Å². The molecule has 130 valence electrons. The number of carbonyl (C=O) groups is 1. The fourth-order valence-electron chi connectivity index (χ4n) is 2.46. The molecule has 1 amide bonds. The van der Waals surface area contributed by atoms with Gasteiger partial charge in [-0.05, 0) is 44.9 Å². The number of benzene rings is 1. The van der Waals surface area contributed by atoms with Crippen LogP contribution in [0.2, 0.25) is 5.02 Å². The lowest BCUT2D eigenvalue weighted by molar-refractivity contribution is 0.0524. The van der Waals surface area contributed by atoms with Crippen molar-refractivity contribution in [1.29, 1.82) is 0 Å². The number of rotatable bonds is 8. The van der Waals surface area contributed by atoms with Crippen molar-refractivity contribution in [1.82, 2.24) is 5.32 Å². The molecule has 0 aromatic heterocycles. The SMILES string of the molecule is CCCCCCC(CNC(=O)OC(C)(C)C)c1ccc(Cl)cc1. The summed E-state index contributed by atoms with van der Waals surface area (Å²) in [6.07, 6.45) is 5.57. The molecular formula is C19H30ClNO2. The summed E-state index contributed by atoms with van der Waals surface area (Å²) in [5.74, 6) is 0.289. The molecule has 1 unspecified atom stereocenters. The van der Waals surface area contributed by atoms with E-state index in [2.05, 4.69) is 12.2 Å². The highest BCUT2D eigenvalue weighted by Gasteiger charge is 2.18. The summed E-state index contributed by atoms with van der Waals surface area (Å²) < 4.78 is 5.31. The van der Waals surface area contributed by atoms with Gasteiger partial charge in [-0.3, -0.25) is 0 Å².